The maximum atomic E-state index is 10.3. The second-order valence-corrected chi connectivity index (χ2v) is 8.03. The molecule has 2 aromatic carbocycles. The van der Waals surface area contributed by atoms with Gasteiger partial charge in [0.15, 0.2) is 0 Å². The molecule has 154 valence electrons. The number of aryl methyl sites for hydroxylation is 2. The van der Waals surface area contributed by atoms with Gasteiger partial charge in [-0.2, -0.15) is 0 Å². The summed E-state index contributed by atoms with van der Waals surface area (Å²) in [7, 11) is 0. The predicted molar refractivity (Wildman–Crippen MR) is 119 cm³/mol. The van der Waals surface area contributed by atoms with Gasteiger partial charge in [-0.15, -0.1) is 0 Å². The molecule has 2 nitrogen and oxygen atoms in total. The predicted octanol–water partition coefficient (Wildman–Crippen LogP) is 7.50. The van der Waals surface area contributed by atoms with Gasteiger partial charge in [0, 0.05) is 5.92 Å². The van der Waals surface area contributed by atoms with Gasteiger partial charge in [0.05, 0.1) is 0 Å². The van der Waals surface area contributed by atoms with Crippen molar-refractivity contribution in [3.05, 3.63) is 58.7 Å². The van der Waals surface area contributed by atoms with Gasteiger partial charge in [0.2, 0.25) is 0 Å². The Morgan fingerprint density at radius 1 is 0.643 bits per heavy atom. The van der Waals surface area contributed by atoms with Gasteiger partial charge in [0.25, 0.3) is 0 Å². The third-order valence-electron chi connectivity index (χ3n) is 5.69. The van der Waals surface area contributed by atoms with Crippen LogP contribution >= 0.6 is 0 Å². The third-order valence-corrected chi connectivity index (χ3v) is 5.69. The number of hydrogen-bond donors (Lipinski definition) is 2. The van der Waals surface area contributed by atoms with Crippen LogP contribution in [0.2, 0.25) is 0 Å². The SMILES string of the molecule is CCCCCc1cc(C(CCC)c2ccc(O)c(CCCCC)c2)ccc1O. The van der Waals surface area contributed by atoms with Crippen molar-refractivity contribution in [2.75, 3.05) is 0 Å². The van der Waals surface area contributed by atoms with Crippen LogP contribution in [0.15, 0.2) is 36.4 Å². The standard InChI is InChI=1S/C26H38O2/c1-4-7-9-12-22-18-20(14-16-25(22)27)24(11-6-3)21-15-17-26(28)23(19-21)13-10-8-5-2/h14-19,24,27-28H,4-13H2,1-3H3. The summed E-state index contributed by atoms with van der Waals surface area (Å²) < 4.78 is 0. The molecule has 0 aromatic heterocycles. The summed E-state index contributed by atoms with van der Waals surface area (Å²) in [6, 6.07) is 12.3. The highest BCUT2D eigenvalue weighted by Gasteiger charge is 2.17. The number of rotatable bonds is 12. The Morgan fingerprint density at radius 2 is 1.11 bits per heavy atom. The van der Waals surface area contributed by atoms with Crippen molar-refractivity contribution in [1.82, 2.24) is 0 Å². The molecule has 0 bridgehead atoms. The third kappa shape index (κ3) is 6.29. The van der Waals surface area contributed by atoms with Crippen LogP contribution in [0, 0.1) is 0 Å². The van der Waals surface area contributed by atoms with E-state index in [0.29, 0.717) is 17.4 Å². The molecule has 0 atom stereocenters. The van der Waals surface area contributed by atoms with Crippen LogP contribution in [-0.4, -0.2) is 10.2 Å². The Balaban J connectivity index is 2.29. The molecule has 2 rings (SSSR count). The smallest absolute Gasteiger partial charge is 0.118 e. The highest BCUT2D eigenvalue weighted by atomic mass is 16.3. The van der Waals surface area contributed by atoms with Gasteiger partial charge < -0.3 is 10.2 Å². The lowest BCUT2D eigenvalue weighted by Crippen LogP contribution is -2.03. The largest absolute Gasteiger partial charge is 0.508 e. The Bertz CT molecular complexity index is 661. The van der Waals surface area contributed by atoms with E-state index in [1.807, 2.05) is 12.1 Å². The highest BCUT2D eigenvalue weighted by Crippen LogP contribution is 2.35. The van der Waals surface area contributed by atoms with Crippen LogP contribution in [0.1, 0.15) is 100 Å². The van der Waals surface area contributed by atoms with Crippen LogP contribution in [0.5, 0.6) is 11.5 Å². The molecular weight excluding hydrogens is 344 g/mol. The normalized spacial score (nSPS) is 11.3. The van der Waals surface area contributed by atoms with Crippen molar-refractivity contribution in [2.45, 2.75) is 90.9 Å². The first kappa shape index (κ1) is 22.3. The number of phenolic OH excluding ortho intramolecular Hbond substituents is 2. The lowest BCUT2D eigenvalue weighted by atomic mass is 9.85. The van der Waals surface area contributed by atoms with E-state index in [1.54, 1.807) is 0 Å². The number of unbranched alkanes of at least 4 members (excludes halogenated alkanes) is 4. The number of phenols is 2. The Hall–Kier alpha value is -1.96. The summed E-state index contributed by atoms with van der Waals surface area (Å²) in [5.41, 5.74) is 4.68. The molecule has 0 unspecified atom stereocenters. The van der Waals surface area contributed by atoms with E-state index in [9.17, 15) is 10.2 Å². The van der Waals surface area contributed by atoms with Crippen molar-refractivity contribution in [3.63, 3.8) is 0 Å². The van der Waals surface area contributed by atoms with E-state index in [2.05, 4.69) is 45.0 Å². The molecule has 0 saturated heterocycles. The van der Waals surface area contributed by atoms with Gasteiger partial charge in [-0.25, -0.2) is 0 Å². The monoisotopic (exact) mass is 382 g/mol. The molecule has 2 N–H and O–H groups in total. The van der Waals surface area contributed by atoms with Crippen molar-refractivity contribution >= 4 is 0 Å². The van der Waals surface area contributed by atoms with Gasteiger partial charge >= 0.3 is 0 Å². The average molecular weight is 383 g/mol. The number of benzene rings is 2. The van der Waals surface area contributed by atoms with E-state index >= 15 is 0 Å². The highest BCUT2D eigenvalue weighted by molar-refractivity contribution is 5.44. The number of hydrogen-bond acceptors (Lipinski definition) is 2. The Labute approximate surface area is 171 Å². The molecule has 0 aliphatic heterocycles. The molecule has 0 fully saturated rings. The molecule has 0 heterocycles. The van der Waals surface area contributed by atoms with Crippen LogP contribution in [0.3, 0.4) is 0 Å². The van der Waals surface area contributed by atoms with Gasteiger partial charge in [-0.3, -0.25) is 0 Å². The lowest BCUT2D eigenvalue weighted by Gasteiger charge is -2.20. The summed E-state index contributed by atoms with van der Waals surface area (Å²) in [4.78, 5) is 0. The summed E-state index contributed by atoms with van der Waals surface area (Å²) >= 11 is 0. The zero-order valence-corrected chi connectivity index (χ0v) is 18.0. The van der Waals surface area contributed by atoms with Gasteiger partial charge in [-0.1, -0.05) is 77.1 Å². The van der Waals surface area contributed by atoms with Gasteiger partial charge in [-0.05, 0) is 66.5 Å². The fourth-order valence-electron chi connectivity index (χ4n) is 3.99. The first-order valence-electron chi connectivity index (χ1n) is 11.2. The second-order valence-electron chi connectivity index (χ2n) is 8.03. The Kier molecular flexibility index (Phi) is 9.40. The first-order chi connectivity index (χ1) is 13.6. The summed E-state index contributed by atoms with van der Waals surface area (Å²) in [6.07, 6.45) is 11.0. The van der Waals surface area contributed by atoms with E-state index in [-0.39, 0.29) is 0 Å². The fourth-order valence-corrected chi connectivity index (χ4v) is 3.99. The zero-order chi connectivity index (χ0) is 20.4. The summed E-state index contributed by atoms with van der Waals surface area (Å²) in [6.45, 7) is 6.63. The molecule has 0 saturated carbocycles. The van der Waals surface area contributed by atoms with Crippen LogP contribution in [0.4, 0.5) is 0 Å². The van der Waals surface area contributed by atoms with Crippen LogP contribution in [-0.2, 0) is 12.8 Å². The summed E-state index contributed by atoms with van der Waals surface area (Å²) in [5, 5.41) is 20.6. The first-order valence-corrected chi connectivity index (χ1v) is 11.2. The van der Waals surface area contributed by atoms with E-state index < -0.39 is 0 Å². The molecule has 0 radical (unpaired) electrons. The van der Waals surface area contributed by atoms with Crippen molar-refractivity contribution in [3.8, 4) is 11.5 Å². The second kappa shape index (κ2) is 11.8. The minimum absolute atomic E-state index is 0.307. The minimum Gasteiger partial charge on any atom is -0.508 e. The molecule has 28 heavy (non-hydrogen) atoms. The van der Waals surface area contributed by atoms with E-state index in [1.165, 1.54) is 36.8 Å². The van der Waals surface area contributed by atoms with Crippen molar-refractivity contribution in [1.29, 1.82) is 0 Å². The maximum Gasteiger partial charge on any atom is 0.118 e. The molecule has 0 spiro atoms. The number of aromatic hydroxyl groups is 2. The van der Waals surface area contributed by atoms with Crippen LogP contribution in [0.25, 0.3) is 0 Å². The summed E-state index contributed by atoms with van der Waals surface area (Å²) in [5.74, 6) is 1.14. The van der Waals surface area contributed by atoms with Crippen LogP contribution < -0.4 is 0 Å². The lowest BCUT2D eigenvalue weighted by molar-refractivity contribution is 0.465. The molecule has 0 amide bonds. The minimum atomic E-state index is 0.307. The molecule has 2 heteroatoms. The molecule has 0 aliphatic carbocycles. The zero-order valence-electron chi connectivity index (χ0n) is 18.0. The fraction of sp³-hybridized carbons (Fsp3) is 0.538. The Morgan fingerprint density at radius 3 is 1.50 bits per heavy atom. The van der Waals surface area contributed by atoms with E-state index in [0.717, 1.165) is 49.7 Å². The molecule has 2 aromatic rings. The average Bonchev–Trinajstić information content (AvgIpc) is 2.70. The molecular formula is C26H38O2. The maximum absolute atomic E-state index is 10.3. The quantitative estimate of drug-likeness (QED) is 0.373. The van der Waals surface area contributed by atoms with E-state index in [4.69, 9.17) is 0 Å². The van der Waals surface area contributed by atoms with Gasteiger partial charge in [0.1, 0.15) is 11.5 Å². The van der Waals surface area contributed by atoms with Crippen molar-refractivity contribution < 1.29 is 10.2 Å². The topological polar surface area (TPSA) is 40.5 Å². The van der Waals surface area contributed by atoms with Crippen molar-refractivity contribution in [2.24, 2.45) is 0 Å². The molecule has 0 aliphatic rings.